The molecule has 0 heterocycles. The van der Waals surface area contributed by atoms with Gasteiger partial charge in [0.25, 0.3) is 0 Å². The van der Waals surface area contributed by atoms with Crippen LogP contribution in [0.15, 0.2) is 24.3 Å². The first-order valence-corrected chi connectivity index (χ1v) is 4.29. The Hall–Kier alpha value is -1.82. The number of hydrogen-bond donors (Lipinski definition) is 1. The van der Waals surface area contributed by atoms with Gasteiger partial charge < -0.3 is 5.73 Å². The molecule has 0 aliphatic rings. The number of rotatable bonds is 2. The molecule has 14 heavy (non-hydrogen) atoms. The highest BCUT2D eigenvalue weighted by molar-refractivity contribution is 5.92. The molecule has 0 aliphatic heterocycles. The molecule has 0 atom stereocenters. The topological polar surface area (TPSA) is 66.9 Å². The summed E-state index contributed by atoms with van der Waals surface area (Å²) >= 11 is 0. The first-order valence-electron chi connectivity index (χ1n) is 4.29. The van der Waals surface area contributed by atoms with Crippen LogP contribution in [0.3, 0.4) is 0 Å². The molecule has 0 fully saturated rings. The first-order chi connectivity index (χ1) is 6.47. The third kappa shape index (κ3) is 1.91. The minimum Gasteiger partial charge on any atom is -0.366 e. The molecule has 1 amide bonds. The average Bonchev–Trinajstić information content (AvgIpc) is 2.18. The van der Waals surface area contributed by atoms with Crippen molar-refractivity contribution in [1.82, 2.24) is 0 Å². The summed E-state index contributed by atoms with van der Waals surface area (Å²) in [7, 11) is 0. The maximum atomic E-state index is 10.9. The summed E-state index contributed by atoms with van der Waals surface area (Å²) in [5.74, 6) is -0.472. The van der Waals surface area contributed by atoms with Gasteiger partial charge in [0.2, 0.25) is 5.91 Å². The van der Waals surface area contributed by atoms with Gasteiger partial charge in [0, 0.05) is 5.56 Å². The number of nitrogens with two attached hydrogens (primary N) is 1. The van der Waals surface area contributed by atoms with E-state index in [9.17, 15) is 4.79 Å². The lowest BCUT2D eigenvalue weighted by atomic mass is 9.85. The van der Waals surface area contributed by atoms with Crippen LogP contribution in [0.5, 0.6) is 0 Å². The molecule has 0 radical (unpaired) electrons. The molecule has 1 aromatic rings. The van der Waals surface area contributed by atoms with Crippen LogP contribution < -0.4 is 5.73 Å². The number of primary amides is 1. The van der Waals surface area contributed by atoms with Crippen LogP contribution in [0.2, 0.25) is 0 Å². The summed E-state index contributed by atoms with van der Waals surface area (Å²) < 4.78 is 0. The molecule has 3 nitrogen and oxygen atoms in total. The van der Waals surface area contributed by atoms with Crippen molar-refractivity contribution in [2.75, 3.05) is 0 Å². The van der Waals surface area contributed by atoms with Gasteiger partial charge in [-0.05, 0) is 31.5 Å². The SMILES string of the molecule is CC(C)(C#N)c1cccc(C(N)=O)c1. The fourth-order valence-electron chi connectivity index (χ4n) is 1.13. The highest BCUT2D eigenvalue weighted by atomic mass is 16.1. The minimum absolute atomic E-state index is 0.436. The summed E-state index contributed by atoms with van der Waals surface area (Å²) in [5.41, 5.74) is 5.79. The summed E-state index contributed by atoms with van der Waals surface area (Å²) in [6.45, 7) is 3.60. The van der Waals surface area contributed by atoms with Crippen molar-refractivity contribution < 1.29 is 4.79 Å². The third-order valence-corrected chi connectivity index (χ3v) is 2.15. The molecule has 0 unspecified atom stereocenters. The van der Waals surface area contributed by atoms with Crippen LogP contribution in [-0.2, 0) is 5.41 Å². The third-order valence-electron chi connectivity index (χ3n) is 2.15. The number of hydrogen-bond acceptors (Lipinski definition) is 2. The summed E-state index contributed by atoms with van der Waals surface area (Å²) in [6, 6.07) is 9.01. The van der Waals surface area contributed by atoms with Crippen molar-refractivity contribution in [3.63, 3.8) is 0 Å². The lowest BCUT2D eigenvalue weighted by Gasteiger charge is -2.15. The maximum absolute atomic E-state index is 10.9. The smallest absolute Gasteiger partial charge is 0.248 e. The molecule has 3 heteroatoms. The van der Waals surface area contributed by atoms with Crippen LogP contribution >= 0.6 is 0 Å². The minimum atomic E-state index is -0.592. The Kier molecular flexibility index (Phi) is 2.57. The van der Waals surface area contributed by atoms with E-state index >= 15 is 0 Å². The van der Waals surface area contributed by atoms with Crippen molar-refractivity contribution in [2.45, 2.75) is 19.3 Å². The molecule has 2 N–H and O–H groups in total. The molecule has 0 saturated carbocycles. The molecule has 72 valence electrons. The predicted molar refractivity (Wildman–Crippen MR) is 53.6 cm³/mol. The van der Waals surface area contributed by atoms with Crippen LogP contribution in [0.25, 0.3) is 0 Å². The van der Waals surface area contributed by atoms with E-state index in [0.717, 1.165) is 5.56 Å². The van der Waals surface area contributed by atoms with Crippen LogP contribution in [0.4, 0.5) is 0 Å². The van der Waals surface area contributed by atoms with Gasteiger partial charge >= 0.3 is 0 Å². The summed E-state index contributed by atoms with van der Waals surface area (Å²) in [6.07, 6.45) is 0. The van der Waals surface area contributed by atoms with Gasteiger partial charge in [0.05, 0.1) is 11.5 Å². The second kappa shape index (κ2) is 3.51. The molecule has 0 spiro atoms. The number of amides is 1. The monoisotopic (exact) mass is 188 g/mol. The van der Waals surface area contributed by atoms with Gasteiger partial charge in [-0.1, -0.05) is 12.1 Å². The number of nitriles is 1. The first kappa shape index (κ1) is 10.3. The number of carbonyl (C=O) groups is 1. The van der Waals surface area contributed by atoms with E-state index in [0.29, 0.717) is 5.56 Å². The van der Waals surface area contributed by atoms with Crippen molar-refractivity contribution in [3.05, 3.63) is 35.4 Å². The van der Waals surface area contributed by atoms with Crippen LogP contribution in [0, 0.1) is 11.3 Å². The Morgan fingerprint density at radius 3 is 2.64 bits per heavy atom. The van der Waals surface area contributed by atoms with Crippen LogP contribution in [-0.4, -0.2) is 5.91 Å². The lowest BCUT2D eigenvalue weighted by molar-refractivity contribution is 0.1000. The molecular formula is C11H12N2O. The highest BCUT2D eigenvalue weighted by Gasteiger charge is 2.20. The van der Waals surface area contributed by atoms with Gasteiger partial charge in [-0.2, -0.15) is 5.26 Å². The Balaban J connectivity index is 3.20. The molecule has 0 aromatic heterocycles. The fourth-order valence-corrected chi connectivity index (χ4v) is 1.13. The molecule has 0 bridgehead atoms. The molecule has 1 rings (SSSR count). The Bertz CT molecular complexity index is 402. The van der Waals surface area contributed by atoms with E-state index in [-0.39, 0.29) is 0 Å². The zero-order valence-electron chi connectivity index (χ0n) is 8.24. The van der Waals surface area contributed by atoms with E-state index in [1.54, 1.807) is 32.0 Å². The molecule has 1 aromatic carbocycles. The Morgan fingerprint density at radius 1 is 1.50 bits per heavy atom. The Morgan fingerprint density at radius 2 is 2.14 bits per heavy atom. The van der Waals surface area contributed by atoms with Gasteiger partial charge in [0.15, 0.2) is 0 Å². The molecular weight excluding hydrogens is 176 g/mol. The maximum Gasteiger partial charge on any atom is 0.248 e. The van der Waals surface area contributed by atoms with E-state index in [1.807, 2.05) is 6.07 Å². The molecule has 0 aliphatic carbocycles. The second-order valence-electron chi connectivity index (χ2n) is 3.68. The van der Waals surface area contributed by atoms with Crippen molar-refractivity contribution >= 4 is 5.91 Å². The number of carbonyl (C=O) groups excluding carboxylic acids is 1. The fraction of sp³-hybridized carbons (Fsp3) is 0.273. The van der Waals surface area contributed by atoms with Gasteiger partial charge in [-0.25, -0.2) is 0 Å². The zero-order valence-corrected chi connectivity index (χ0v) is 8.24. The van der Waals surface area contributed by atoms with Crippen molar-refractivity contribution in [3.8, 4) is 6.07 Å². The summed E-state index contributed by atoms with van der Waals surface area (Å²) in [5, 5.41) is 8.91. The van der Waals surface area contributed by atoms with E-state index in [4.69, 9.17) is 11.0 Å². The van der Waals surface area contributed by atoms with E-state index in [1.165, 1.54) is 0 Å². The average molecular weight is 188 g/mol. The Labute approximate surface area is 83.2 Å². The normalized spacial score (nSPS) is 10.6. The number of benzene rings is 1. The van der Waals surface area contributed by atoms with Crippen LogP contribution in [0.1, 0.15) is 29.8 Å². The quantitative estimate of drug-likeness (QED) is 0.765. The second-order valence-corrected chi connectivity index (χ2v) is 3.68. The van der Waals surface area contributed by atoms with E-state index < -0.39 is 11.3 Å². The van der Waals surface area contributed by atoms with Gasteiger partial charge in [-0.15, -0.1) is 0 Å². The zero-order chi connectivity index (χ0) is 10.8. The summed E-state index contributed by atoms with van der Waals surface area (Å²) in [4.78, 5) is 10.9. The lowest BCUT2D eigenvalue weighted by Crippen LogP contribution is -2.16. The largest absolute Gasteiger partial charge is 0.366 e. The standard InChI is InChI=1S/C11H12N2O/c1-11(2,7-12)9-5-3-4-8(6-9)10(13)14/h3-6H,1-2H3,(H2,13,14). The van der Waals surface area contributed by atoms with Crippen molar-refractivity contribution in [1.29, 1.82) is 5.26 Å². The molecule has 0 saturated heterocycles. The van der Waals surface area contributed by atoms with Gasteiger partial charge in [0.1, 0.15) is 0 Å². The number of nitrogens with zero attached hydrogens (tertiary/aromatic N) is 1. The van der Waals surface area contributed by atoms with Crippen molar-refractivity contribution in [2.24, 2.45) is 5.73 Å². The highest BCUT2D eigenvalue weighted by Crippen LogP contribution is 2.22. The predicted octanol–water partition coefficient (Wildman–Crippen LogP) is 1.59. The van der Waals surface area contributed by atoms with E-state index in [2.05, 4.69) is 6.07 Å². The van der Waals surface area contributed by atoms with Gasteiger partial charge in [-0.3, -0.25) is 4.79 Å².